The van der Waals surface area contributed by atoms with Crippen molar-refractivity contribution in [2.75, 3.05) is 6.61 Å². The number of benzene rings is 1. The summed E-state index contributed by atoms with van der Waals surface area (Å²) < 4.78 is 4.78. The smallest absolute Gasteiger partial charge is 0.330 e. The summed E-state index contributed by atoms with van der Waals surface area (Å²) in [6, 6.07) is 7.96. The van der Waals surface area contributed by atoms with Crippen LogP contribution >= 0.6 is 15.9 Å². The largest absolute Gasteiger partial charge is 0.463 e. The van der Waals surface area contributed by atoms with Gasteiger partial charge in [-0.3, -0.25) is 0 Å². The number of hydrogen-bond donors (Lipinski definition) is 0. The third-order valence-corrected chi connectivity index (χ3v) is 2.48. The summed E-state index contributed by atoms with van der Waals surface area (Å²) in [6.45, 7) is 2.20. The Labute approximate surface area is 98.1 Å². The molecule has 0 aromatic heterocycles. The average molecular weight is 269 g/mol. The molecular weight excluding hydrogens is 256 g/mol. The van der Waals surface area contributed by atoms with Crippen molar-refractivity contribution in [3.63, 3.8) is 0 Å². The molecule has 1 aromatic rings. The Balaban J connectivity index is 2.60. The predicted octanol–water partition coefficient (Wildman–Crippen LogP) is 3.16. The molecular formula is C12H13BrO2. The number of ether oxygens (including phenoxy) is 1. The number of hydrogen-bond acceptors (Lipinski definition) is 2. The van der Waals surface area contributed by atoms with Crippen LogP contribution in [-0.4, -0.2) is 12.6 Å². The Kier molecular flexibility index (Phi) is 5.12. The lowest BCUT2D eigenvalue weighted by atomic mass is 10.1. The molecule has 0 saturated heterocycles. The summed E-state index contributed by atoms with van der Waals surface area (Å²) in [7, 11) is 0. The van der Waals surface area contributed by atoms with Crippen LogP contribution in [0.5, 0.6) is 0 Å². The first-order chi connectivity index (χ1) is 7.26. The maximum atomic E-state index is 11.0. The second kappa shape index (κ2) is 6.40. The summed E-state index contributed by atoms with van der Waals surface area (Å²) in [5.41, 5.74) is 2.20. The van der Waals surface area contributed by atoms with Gasteiger partial charge >= 0.3 is 5.97 Å². The third-order valence-electron chi connectivity index (χ3n) is 1.83. The standard InChI is InChI=1S/C12H13BrO2/c1-2-15-12(14)8-7-10-3-5-11(9-13)6-4-10/h3-8H,2,9H2,1H3/b8-7+. The van der Waals surface area contributed by atoms with Crippen LogP contribution < -0.4 is 0 Å². The van der Waals surface area contributed by atoms with Gasteiger partial charge in [0.25, 0.3) is 0 Å². The summed E-state index contributed by atoms with van der Waals surface area (Å²) in [5, 5.41) is 0.842. The van der Waals surface area contributed by atoms with Crippen LogP contribution in [0.3, 0.4) is 0 Å². The molecule has 1 rings (SSSR count). The zero-order valence-electron chi connectivity index (χ0n) is 8.57. The van der Waals surface area contributed by atoms with Gasteiger partial charge in [0, 0.05) is 11.4 Å². The van der Waals surface area contributed by atoms with Gasteiger partial charge < -0.3 is 4.74 Å². The van der Waals surface area contributed by atoms with Crippen molar-refractivity contribution < 1.29 is 9.53 Å². The number of halogens is 1. The zero-order chi connectivity index (χ0) is 11.1. The highest BCUT2D eigenvalue weighted by Gasteiger charge is 1.94. The highest BCUT2D eigenvalue weighted by molar-refractivity contribution is 9.08. The van der Waals surface area contributed by atoms with Crippen LogP contribution in [0.15, 0.2) is 30.3 Å². The molecule has 0 atom stereocenters. The molecule has 0 bridgehead atoms. The fourth-order valence-electron chi connectivity index (χ4n) is 1.07. The van der Waals surface area contributed by atoms with E-state index in [0.717, 1.165) is 10.9 Å². The van der Waals surface area contributed by atoms with Crippen LogP contribution in [0.1, 0.15) is 18.1 Å². The van der Waals surface area contributed by atoms with E-state index in [-0.39, 0.29) is 5.97 Å². The van der Waals surface area contributed by atoms with E-state index in [1.165, 1.54) is 11.6 Å². The van der Waals surface area contributed by atoms with E-state index in [4.69, 9.17) is 4.74 Å². The molecule has 0 N–H and O–H groups in total. The lowest BCUT2D eigenvalue weighted by Crippen LogP contribution is -1.98. The molecule has 0 heterocycles. The quantitative estimate of drug-likeness (QED) is 0.477. The molecule has 0 saturated carbocycles. The molecule has 1 aromatic carbocycles. The van der Waals surface area contributed by atoms with Crippen molar-refractivity contribution in [2.45, 2.75) is 12.3 Å². The number of carbonyl (C=O) groups is 1. The molecule has 0 radical (unpaired) electrons. The van der Waals surface area contributed by atoms with E-state index in [2.05, 4.69) is 15.9 Å². The second-order valence-electron chi connectivity index (χ2n) is 2.96. The van der Waals surface area contributed by atoms with E-state index in [0.29, 0.717) is 6.61 Å². The Hall–Kier alpha value is -1.09. The van der Waals surface area contributed by atoms with Gasteiger partial charge in [-0.1, -0.05) is 40.2 Å². The maximum absolute atomic E-state index is 11.0. The second-order valence-corrected chi connectivity index (χ2v) is 3.52. The molecule has 0 spiro atoms. The average Bonchev–Trinajstić information content (AvgIpc) is 2.27. The molecule has 80 valence electrons. The van der Waals surface area contributed by atoms with Crippen LogP contribution in [0.2, 0.25) is 0 Å². The van der Waals surface area contributed by atoms with Gasteiger partial charge in [0.15, 0.2) is 0 Å². The van der Waals surface area contributed by atoms with Crippen molar-refractivity contribution in [3.05, 3.63) is 41.5 Å². The number of rotatable bonds is 4. The van der Waals surface area contributed by atoms with Crippen molar-refractivity contribution in [1.82, 2.24) is 0 Å². The number of esters is 1. The lowest BCUT2D eigenvalue weighted by Gasteiger charge is -1.97. The van der Waals surface area contributed by atoms with Gasteiger partial charge in [0.2, 0.25) is 0 Å². The highest BCUT2D eigenvalue weighted by atomic mass is 79.9. The summed E-state index contributed by atoms with van der Waals surface area (Å²) in [6.07, 6.45) is 3.18. The van der Waals surface area contributed by atoms with E-state index in [1.54, 1.807) is 13.0 Å². The fourth-order valence-corrected chi connectivity index (χ4v) is 1.45. The normalized spacial score (nSPS) is 10.5. The van der Waals surface area contributed by atoms with Crippen LogP contribution in [0.4, 0.5) is 0 Å². The van der Waals surface area contributed by atoms with E-state index < -0.39 is 0 Å². The lowest BCUT2D eigenvalue weighted by molar-refractivity contribution is -0.137. The molecule has 0 aliphatic carbocycles. The monoisotopic (exact) mass is 268 g/mol. The van der Waals surface area contributed by atoms with Gasteiger partial charge in [0.05, 0.1) is 6.61 Å². The van der Waals surface area contributed by atoms with Crippen molar-refractivity contribution >= 4 is 28.0 Å². The fraction of sp³-hybridized carbons (Fsp3) is 0.250. The topological polar surface area (TPSA) is 26.3 Å². The molecule has 3 heteroatoms. The maximum Gasteiger partial charge on any atom is 0.330 e. The van der Waals surface area contributed by atoms with Crippen LogP contribution in [-0.2, 0) is 14.9 Å². The van der Waals surface area contributed by atoms with Crippen molar-refractivity contribution in [1.29, 1.82) is 0 Å². The van der Waals surface area contributed by atoms with Gasteiger partial charge in [-0.25, -0.2) is 4.79 Å². The first-order valence-electron chi connectivity index (χ1n) is 4.76. The molecule has 0 aliphatic rings. The molecule has 2 nitrogen and oxygen atoms in total. The number of alkyl halides is 1. The van der Waals surface area contributed by atoms with E-state index in [9.17, 15) is 4.79 Å². The Bertz CT molecular complexity index is 341. The van der Waals surface area contributed by atoms with Crippen molar-refractivity contribution in [2.24, 2.45) is 0 Å². The molecule has 15 heavy (non-hydrogen) atoms. The van der Waals surface area contributed by atoms with Crippen LogP contribution in [0.25, 0.3) is 6.08 Å². The zero-order valence-corrected chi connectivity index (χ0v) is 10.2. The first-order valence-corrected chi connectivity index (χ1v) is 5.88. The summed E-state index contributed by atoms with van der Waals surface area (Å²) in [5.74, 6) is -0.304. The van der Waals surface area contributed by atoms with Gasteiger partial charge in [-0.2, -0.15) is 0 Å². The Morgan fingerprint density at radius 1 is 1.40 bits per heavy atom. The van der Waals surface area contributed by atoms with E-state index >= 15 is 0 Å². The predicted molar refractivity (Wildman–Crippen MR) is 64.7 cm³/mol. The van der Waals surface area contributed by atoms with E-state index in [1.807, 2.05) is 24.3 Å². The summed E-state index contributed by atoms with van der Waals surface area (Å²) >= 11 is 3.37. The molecule has 0 amide bonds. The molecule has 0 aliphatic heterocycles. The molecule has 0 fully saturated rings. The molecule has 0 unspecified atom stereocenters. The van der Waals surface area contributed by atoms with Crippen LogP contribution in [0, 0.1) is 0 Å². The van der Waals surface area contributed by atoms with Gasteiger partial charge in [-0.15, -0.1) is 0 Å². The highest BCUT2D eigenvalue weighted by Crippen LogP contribution is 2.09. The number of carbonyl (C=O) groups excluding carboxylic acids is 1. The Morgan fingerprint density at radius 2 is 2.07 bits per heavy atom. The SMILES string of the molecule is CCOC(=O)/C=C/c1ccc(CBr)cc1. The minimum absolute atomic E-state index is 0.304. The minimum Gasteiger partial charge on any atom is -0.463 e. The summed E-state index contributed by atoms with van der Waals surface area (Å²) in [4.78, 5) is 11.0. The Morgan fingerprint density at radius 3 is 2.60 bits per heavy atom. The third kappa shape index (κ3) is 4.30. The van der Waals surface area contributed by atoms with Gasteiger partial charge in [-0.05, 0) is 24.1 Å². The minimum atomic E-state index is -0.304. The van der Waals surface area contributed by atoms with Crippen molar-refractivity contribution in [3.8, 4) is 0 Å². The van der Waals surface area contributed by atoms with Gasteiger partial charge in [0.1, 0.15) is 0 Å². The first kappa shape index (κ1) is 12.0.